The molecule has 0 aliphatic heterocycles. The minimum Gasteiger partial charge on any atom is -0.462 e. The van der Waals surface area contributed by atoms with E-state index in [1.165, 1.54) is 6.08 Å². The van der Waals surface area contributed by atoms with E-state index < -0.39 is 106 Å². The van der Waals surface area contributed by atoms with Gasteiger partial charge in [-0.2, -0.15) is 0 Å². The third-order valence-electron chi connectivity index (χ3n) is 11.2. The number of esters is 3. The molecular weight excluding hydrogens is 702 g/mol. The predicted molar refractivity (Wildman–Crippen MR) is 171 cm³/mol. The molecule has 4 aliphatic carbocycles. The van der Waals surface area contributed by atoms with Crippen LogP contribution >= 0.6 is 11.6 Å². The first-order valence-electron chi connectivity index (χ1n) is 16.5. The highest BCUT2D eigenvalue weighted by Gasteiger charge is 2.76. The van der Waals surface area contributed by atoms with Crippen molar-refractivity contribution >= 4 is 41.1 Å². The Morgan fingerprint density at radius 2 is 1.78 bits per heavy atom. The molecular formula is C32H42ClN3O15. The number of hydrogen-bond acceptors (Lipinski definition) is 16. The van der Waals surface area contributed by atoms with Crippen LogP contribution in [0.5, 0.6) is 0 Å². The maximum absolute atomic E-state index is 14.3. The fourth-order valence-electron chi connectivity index (χ4n) is 8.88. The lowest BCUT2D eigenvalue weighted by atomic mass is 9.45. The predicted octanol–water partition coefficient (Wildman–Crippen LogP) is 1.72. The first-order valence-corrected chi connectivity index (χ1v) is 16.9. The van der Waals surface area contributed by atoms with Gasteiger partial charge >= 0.3 is 17.9 Å². The van der Waals surface area contributed by atoms with Gasteiger partial charge in [-0.25, -0.2) is 0 Å². The molecule has 4 rings (SSSR count). The molecule has 0 aromatic heterocycles. The third kappa shape index (κ3) is 7.04. The van der Waals surface area contributed by atoms with Gasteiger partial charge in [0.2, 0.25) is 5.78 Å². The van der Waals surface area contributed by atoms with Gasteiger partial charge in [-0.3, -0.25) is 24.0 Å². The number of nitrogens with zero attached hydrogens (tertiary/aromatic N) is 2. The number of allylic oxidation sites excluding steroid dienone is 4. The SMILES string of the molecule is CCC(=O)O[C@]1(C(=O)COC(=O)CC(N)C(=O)OCC(CO[N+](=O)[O-])O[N+](=O)[O-])[C@@H](C)CC2C3CCC4=CC(=O)C=C[C@]4(C)[C@@]3(Cl)[C@@H](O)C[C@@]21C. The van der Waals surface area contributed by atoms with Gasteiger partial charge in [-0.15, -0.1) is 31.8 Å². The Bertz CT molecular complexity index is 1540. The van der Waals surface area contributed by atoms with Gasteiger partial charge in [-0.05, 0) is 49.7 Å². The van der Waals surface area contributed by atoms with Gasteiger partial charge in [0, 0.05) is 23.2 Å². The van der Waals surface area contributed by atoms with E-state index in [1.54, 1.807) is 32.9 Å². The molecule has 0 saturated heterocycles. The van der Waals surface area contributed by atoms with Gasteiger partial charge in [0.15, 0.2) is 24.1 Å². The summed E-state index contributed by atoms with van der Waals surface area (Å²) >= 11 is 7.50. The van der Waals surface area contributed by atoms with Crippen LogP contribution in [0.25, 0.3) is 0 Å². The molecule has 4 unspecified atom stereocenters. The number of hydrogen-bond donors (Lipinski definition) is 2. The summed E-state index contributed by atoms with van der Waals surface area (Å²) in [7, 11) is 0. The smallest absolute Gasteiger partial charge is 0.323 e. The molecule has 282 valence electrons. The third-order valence-corrected chi connectivity index (χ3v) is 12.1. The Labute approximate surface area is 297 Å². The van der Waals surface area contributed by atoms with Crippen LogP contribution in [0.15, 0.2) is 23.8 Å². The molecule has 0 aromatic rings. The molecule has 10 atom stereocenters. The van der Waals surface area contributed by atoms with Crippen molar-refractivity contribution in [3.63, 3.8) is 0 Å². The number of rotatable bonds is 15. The van der Waals surface area contributed by atoms with E-state index in [2.05, 4.69) is 9.68 Å². The minimum atomic E-state index is -1.83. The second kappa shape index (κ2) is 14.8. The topological polar surface area (TPSA) is 264 Å². The summed E-state index contributed by atoms with van der Waals surface area (Å²) in [6.07, 6.45) is 2.39. The van der Waals surface area contributed by atoms with Crippen molar-refractivity contribution in [2.75, 3.05) is 19.8 Å². The first kappa shape index (κ1) is 39.6. The minimum absolute atomic E-state index is 0.0477. The first-order chi connectivity index (χ1) is 23.8. The van der Waals surface area contributed by atoms with E-state index >= 15 is 0 Å². The normalized spacial score (nSPS) is 34.7. The quantitative estimate of drug-likeness (QED) is 0.0795. The molecule has 0 spiro atoms. The zero-order valence-electron chi connectivity index (χ0n) is 28.6. The summed E-state index contributed by atoms with van der Waals surface area (Å²) in [5.74, 6) is -5.21. The lowest BCUT2D eigenvalue weighted by Gasteiger charge is -2.64. The van der Waals surface area contributed by atoms with Gasteiger partial charge in [-0.1, -0.05) is 39.3 Å². The van der Waals surface area contributed by atoms with E-state index in [-0.39, 0.29) is 30.5 Å². The van der Waals surface area contributed by atoms with Crippen LogP contribution < -0.4 is 5.73 Å². The molecule has 0 bridgehead atoms. The van der Waals surface area contributed by atoms with Crippen molar-refractivity contribution in [3.8, 4) is 0 Å². The molecule has 3 fully saturated rings. The Morgan fingerprint density at radius 3 is 2.41 bits per heavy atom. The van der Waals surface area contributed by atoms with Crippen molar-refractivity contribution in [1.29, 1.82) is 0 Å². The van der Waals surface area contributed by atoms with Crippen LogP contribution in [0, 0.1) is 48.8 Å². The fraction of sp³-hybridized carbons (Fsp3) is 0.719. The van der Waals surface area contributed by atoms with Crippen LogP contribution in [-0.4, -0.2) is 93.3 Å². The summed E-state index contributed by atoms with van der Waals surface area (Å²) in [5.41, 5.74) is 2.71. The lowest BCUT2D eigenvalue weighted by Crippen LogP contribution is -2.69. The number of nitrogens with two attached hydrogens (primary N) is 1. The molecule has 0 aromatic carbocycles. The highest BCUT2D eigenvalue weighted by Crippen LogP contribution is 2.72. The molecule has 0 amide bonds. The number of aliphatic hydroxyl groups is 1. The van der Waals surface area contributed by atoms with E-state index in [0.717, 1.165) is 5.57 Å². The fourth-order valence-corrected chi connectivity index (χ4v) is 9.41. The maximum atomic E-state index is 14.3. The number of aliphatic hydroxyl groups excluding tert-OH is 1. The number of alkyl halides is 1. The van der Waals surface area contributed by atoms with Crippen LogP contribution in [0.2, 0.25) is 0 Å². The largest absolute Gasteiger partial charge is 0.462 e. The summed E-state index contributed by atoms with van der Waals surface area (Å²) in [4.78, 5) is 92.6. The summed E-state index contributed by atoms with van der Waals surface area (Å²) in [6.45, 7) is 4.29. The lowest BCUT2D eigenvalue weighted by molar-refractivity contribution is -0.790. The standard InChI is InChI=1S/C32H42ClN3O15/c1-5-26(40)50-32(25(39)16-47-27(41)12-23(34)28(42)48-14-20(51-36(45)46)15-49-35(43)44)17(2)10-22-21-7-6-18-11-19(37)8-9-29(18,3)31(21,33)24(38)13-30(22,32)4/h8-9,11,17,20-24,38H,5-7,10,12-16,34H2,1-4H3/t17-,20?,21?,22?,23?,24-,29-,30-,31-,32-/m0/s1. The Balaban J connectivity index is 1.50. The zero-order chi connectivity index (χ0) is 38.1. The van der Waals surface area contributed by atoms with E-state index in [0.29, 0.717) is 19.3 Å². The molecule has 19 heteroatoms. The number of carbonyl (C=O) groups is 5. The zero-order valence-corrected chi connectivity index (χ0v) is 29.3. The van der Waals surface area contributed by atoms with Gasteiger partial charge in [0.1, 0.15) is 19.3 Å². The van der Waals surface area contributed by atoms with Crippen molar-refractivity contribution in [2.45, 2.75) is 94.9 Å². The van der Waals surface area contributed by atoms with Gasteiger partial charge < -0.3 is 34.7 Å². The summed E-state index contributed by atoms with van der Waals surface area (Å²) in [6, 6.07) is -1.67. The molecule has 3 N–H and O–H groups in total. The average molecular weight is 744 g/mol. The van der Waals surface area contributed by atoms with Crippen LogP contribution in [0.3, 0.4) is 0 Å². The maximum Gasteiger partial charge on any atom is 0.323 e. The summed E-state index contributed by atoms with van der Waals surface area (Å²) in [5, 5.41) is 30.5. The number of ketones is 2. The molecule has 3 saturated carbocycles. The van der Waals surface area contributed by atoms with Crippen LogP contribution in [-0.2, 0) is 47.9 Å². The van der Waals surface area contributed by atoms with E-state index in [4.69, 9.17) is 31.5 Å². The number of Topliss-reactive ketones (excluding diaryl/α,β-unsaturated/α-hetero) is 1. The molecule has 18 nitrogen and oxygen atoms in total. The molecule has 51 heavy (non-hydrogen) atoms. The average Bonchev–Trinajstić information content (AvgIpc) is 3.27. The van der Waals surface area contributed by atoms with Crippen molar-refractivity contribution in [2.24, 2.45) is 34.3 Å². The number of fused-ring (bicyclic) bond motifs is 5. The molecule has 0 radical (unpaired) electrons. The van der Waals surface area contributed by atoms with Gasteiger partial charge in [0.25, 0.3) is 10.2 Å². The van der Waals surface area contributed by atoms with Crippen molar-refractivity contribution in [3.05, 3.63) is 44.0 Å². The molecule has 0 heterocycles. The van der Waals surface area contributed by atoms with Crippen LogP contribution in [0.1, 0.15) is 66.2 Å². The van der Waals surface area contributed by atoms with Crippen molar-refractivity contribution < 1.29 is 63.1 Å². The van der Waals surface area contributed by atoms with Crippen LogP contribution in [0.4, 0.5) is 0 Å². The molecule has 4 aliphatic rings. The Kier molecular flexibility index (Phi) is 11.5. The van der Waals surface area contributed by atoms with Gasteiger partial charge in [0.05, 0.1) is 17.4 Å². The highest BCUT2D eigenvalue weighted by molar-refractivity contribution is 6.26. The number of carbonyl (C=O) groups excluding carboxylic acids is 5. The van der Waals surface area contributed by atoms with E-state index in [1.807, 2.05) is 6.92 Å². The summed E-state index contributed by atoms with van der Waals surface area (Å²) < 4.78 is 16.1. The number of halogens is 1. The monoisotopic (exact) mass is 743 g/mol. The van der Waals surface area contributed by atoms with E-state index in [9.17, 15) is 49.3 Å². The number of ether oxygens (including phenoxy) is 3. The Hall–Kier alpha value is -4.16. The second-order valence-electron chi connectivity index (χ2n) is 14.0. The van der Waals surface area contributed by atoms with Crippen molar-refractivity contribution in [1.82, 2.24) is 0 Å². The highest BCUT2D eigenvalue weighted by atomic mass is 35.5. The Morgan fingerprint density at radius 1 is 1.10 bits per heavy atom. The second-order valence-corrected chi connectivity index (χ2v) is 14.6.